The van der Waals surface area contributed by atoms with E-state index < -0.39 is 0 Å². The monoisotopic (exact) mass is 285 g/mol. The van der Waals surface area contributed by atoms with Crippen molar-refractivity contribution in [3.8, 4) is 17.4 Å². The van der Waals surface area contributed by atoms with E-state index in [9.17, 15) is 0 Å². The Kier molecular flexibility index (Phi) is 3.94. The highest BCUT2D eigenvalue weighted by molar-refractivity contribution is 5.54. The Morgan fingerprint density at radius 1 is 1.14 bits per heavy atom. The van der Waals surface area contributed by atoms with Crippen LogP contribution in [0.5, 0.6) is 5.88 Å². The van der Waals surface area contributed by atoms with Crippen LogP contribution in [0.4, 0.5) is 5.82 Å². The van der Waals surface area contributed by atoms with Gasteiger partial charge in [-0.3, -0.25) is 0 Å². The minimum absolute atomic E-state index is 0.515. The normalized spacial score (nSPS) is 15.1. The molecule has 0 aliphatic heterocycles. The summed E-state index contributed by atoms with van der Waals surface area (Å²) < 4.78 is 5.14. The molecule has 1 fully saturated rings. The highest BCUT2D eigenvalue weighted by Crippen LogP contribution is 2.34. The highest BCUT2D eigenvalue weighted by Gasteiger charge is 2.20. The Hall–Kier alpha value is -2.24. The van der Waals surface area contributed by atoms with Gasteiger partial charge in [-0.05, 0) is 12.8 Å². The lowest BCUT2D eigenvalue weighted by Gasteiger charge is -2.12. The molecule has 0 aromatic carbocycles. The molecule has 110 valence electrons. The van der Waals surface area contributed by atoms with Gasteiger partial charge >= 0.3 is 0 Å². The molecule has 0 bridgehead atoms. The number of methoxy groups -OCH3 is 1. The molecule has 0 atom stereocenters. The second kappa shape index (κ2) is 6.03. The number of aromatic nitrogens is 4. The van der Waals surface area contributed by atoms with Crippen molar-refractivity contribution in [2.75, 3.05) is 19.5 Å². The molecule has 21 heavy (non-hydrogen) atoms. The molecule has 1 aliphatic carbocycles. The van der Waals surface area contributed by atoms with Gasteiger partial charge in [0, 0.05) is 30.8 Å². The van der Waals surface area contributed by atoms with Gasteiger partial charge in [0.1, 0.15) is 17.8 Å². The van der Waals surface area contributed by atoms with Gasteiger partial charge in [-0.25, -0.2) is 19.9 Å². The molecule has 0 unspecified atom stereocenters. The summed E-state index contributed by atoms with van der Waals surface area (Å²) in [7, 11) is 3.45. The van der Waals surface area contributed by atoms with Crippen molar-refractivity contribution in [2.45, 2.75) is 31.6 Å². The number of ether oxygens (including phenoxy) is 1. The minimum atomic E-state index is 0.515. The van der Waals surface area contributed by atoms with Crippen LogP contribution < -0.4 is 10.1 Å². The molecule has 2 heterocycles. The molecule has 2 aromatic heterocycles. The molecule has 3 rings (SSSR count). The van der Waals surface area contributed by atoms with E-state index >= 15 is 0 Å². The first-order chi connectivity index (χ1) is 10.3. The van der Waals surface area contributed by atoms with Crippen LogP contribution in [-0.2, 0) is 0 Å². The van der Waals surface area contributed by atoms with Gasteiger partial charge in [0.2, 0.25) is 5.88 Å². The summed E-state index contributed by atoms with van der Waals surface area (Å²) >= 11 is 0. The van der Waals surface area contributed by atoms with E-state index in [-0.39, 0.29) is 0 Å². The van der Waals surface area contributed by atoms with Crippen LogP contribution in [-0.4, -0.2) is 34.1 Å². The second-order valence-electron chi connectivity index (χ2n) is 5.18. The number of nitrogens with one attached hydrogen (secondary N) is 1. The van der Waals surface area contributed by atoms with Crippen molar-refractivity contribution in [1.82, 2.24) is 19.9 Å². The Bertz CT molecular complexity index is 625. The quantitative estimate of drug-likeness (QED) is 0.931. The Labute approximate surface area is 124 Å². The molecular formula is C15H19N5O. The van der Waals surface area contributed by atoms with Crippen LogP contribution in [0.2, 0.25) is 0 Å². The Morgan fingerprint density at radius 3 is 2.67 bits per heavy atom. The van der Waals surface area contributed by atoms with Crippen molar-refractivity contribution in [3.05, 3.63) is 24.2 Å². The van der Waals surface area contributed by atoms with Crippen molar-refractivity contribution < 1.29 is 4.74 Å². The van der Waals surface area contributed by atoms with Crippen molar-refractivity contribution in [2.24, 2.45) is 0 Å². The maximum absolute atomic E-state index is 5.14. The SMILES string of the molecule is CNc1cc(C2CCCC2)nc(-c2cc(OC)ncn2)n1. The number of hydrogen-bond acceptors (Lipinski definition) is 6. The third kappa shape index (κ3) is 2.94. The third-order valence-electron chi connectivity index (χ3n) is 3.86. The molecule has 2 aromatic rings. The molecule has 1 aliphatic rings. The topological polar surface area (TPSA) is 72.8 Å². The summed E-state index contributed by atoms with van der Waals surface area (Å²) in [6.07, 6.45) is 6.43. The molecule has 0 radical (unpaired) electrons. The largest absolute Gasteiger partial charge is 0.481 e. The summed E-state index contributed by atoms with van der Waals surface area (Å²) in [5, 5.41) is 3.10. The summed E-state index contributed by atoms with van der Waals surface area (Å²) in [4.78, 5) is 17.5. The molecule has 0 amide bonds. The van der Waals surface area contributed by atoms with Crippen LogP contribution in [0.3, 0.4) is 0 Å². The number of hydrogen-bond donors (Lipinski definition) is 1. The lowest BCUT2D eigenvalue weighted by Crippen LogP contribution is -2.04. The van der Waals surface area contributed by atoms with Gasteiger partial charge in [-0.2, -0.15) is 0 Å². The van der Waals surface area contributed by atoms with Crippen LogP contribution in [0, 0.1) is 0 Å². The van der Waals surface area contributed by atoms with Crippen molar-refractivity contribution in [1.29, 1.82) is 0 Å². The maximum atomic E-state index is 5.14. The molecule has 0 saturated heterocycles. The second-order valence-corrected chi connectivity index (χ2v) is 5.18. The zero-order valence-corrected chi connectivity index (χ0v) is 12.3. The zero-order valence-electron chi connectivity index (χ0n) is 12.3. The van der Waals surface area contributed by atoms with Gasteiger partial charge < -0.3 is 10.1 Å². The smallest absolute Gasteiger partial charge is 0.216 e. The molecule has 1 N–H and O–H groups in total. The molecular weight excluding hydrogens is 266 g/mol. The predicted octanol–water partition coefficient (Wildman–Crippen LogP) is 2.64. The van der Waals surface area contributed by atoms with Gasteiger partial charge in [-0.1, -0.05) is 12.8 Å². The van der Waals surface area contributed by atoms with Gasteiger partial charge in [0.05, 0.1) is 7.11 Å². The lowest BCUT2D eigenvalue weighted by molar-refractivity contribution is 0.397. The highest BCUT2D eigenvalue weighted by atomic mass is 16.5. The van der Waals surface area contributed by atoms with Crippen LogP contribution in [0.25, 0.3) is 11.5 Å². The molecule has 6 heteroatoms. The molecule has 6 nitrogen and oxygen atoms in total. The van der Waals surface area contributed by atoms with E-state index in [0.29, 0.717) is 23.3 Å². The van der Waals surface area contributed by atoms with Gasteiger partial charge in [-0.15, -0.1) is 0 Å². The lowest BCUT2D eigenvalue weighted by atomic mass is 10.0. The Balaban J connectivity index is 2.02. The first-order valence-corrected chi connectivity index (χ1v) is 7.23. The van der Waals surface area contributed by atoms with Crippen molar-refractivity contribution >= 4 is 5.82 Å². The molecule has 1 saturated carbocycles. The van der Waals surface area contributed by atoms with E-state index in [4.69, 9.17) is 9.72 Å². The minimum Gasteiger partial charge on any atom is -0.481 e. The number of nitrogens with zero attached hydrogens (tertiary/aromatic N) is 4. The maximum Gasteiger partial charge on any atom is 0.216 e. The first-order valence-electron chi connectivity index (χ1n) is 7.23. The van der Waals surface area contributed by atoms with E-state index in [2.05, 4.69) is 20.3 Å². The van der Waals surface area contributed by atoms with Gasteiger partial charge in [0.15, 0.2) is 5.82 Å². The van der Waals surface area contributed by atoms with Crippen LogP contribution in [0.1, 0.15) is 37.3 Å². The molecule has 0 spiro atoms. The van der Waals surface area contributed by atoms with E-state index in [1.165, 1.54) is 32.0 Å². The standard InChI is InChI=1S/C15H19N5O/c1-16-13-7-11(10-5-3-4-6-10)19-15(20-13)12-8-14(21-2)18-9-17-12/h7-10H,3-6H2,1-2H3,(H,16,19,20). The average Bonchev–Trinajstić information content (AvgIpc) is 3.09. The summed E-state index contributed by atoms with van der Waals surface area (Å²) in [5.74, 6) is 2.48. The average molecular weight is 285 g/mol. The third-order valence-corrected chi connectivity index (χ3v) is 3.86. The fourth-order valence-corrected chi connectivity index (χ4v) is 2.71. The van der Waals surface area contributed by atoms with Crippen LogP contribution in [0.15, 0.2) is 18.5 Å². The van der Waals surface area contributed by atoms with E-state index in [0.717, 1.165) is 11.5 Å². The van der Waals surface area contributed by atoms with Gasteiger partial charge in [0.25, 0.3) is 0 Å². The summed E-state index contributed by atoms with van der Waals surface area (Å²) in [5.41, 5.74) is 1.78. The number of rotatable bonds is 4. The predicted molar refractivity (Wildman–Crippen MR) is 80.4 cm³/mol. The van der Waals surface area contributed by atoms with Crippen LogP contribution >= 0.6 is 0 Å². The van der Waals surface area contributed by atoms with E-state index in [1.807, 2.05) is 13.1 Å². The number of anilines is 1. The van der Waals surface area contributed by atoms with E-state index in [1.54, 1.807) is 13.2 Å². The first kappa shape index (κ1) is 13.7. The fraction of sp³-hybridized carbons (Fsp3) is 0.467. The zero-order chi connectivity index (χ0) is 14.7. The summed E-state index contributed by atoms with van der Waals surface area (Å²) in [6.45, 7) is 0. The fourth-order valence-electron chi connectivity index (χ4n) is 2.71. The van der Waals surface area contributed by atoms with Crippen molar-refractivity contribution in [3.63, 3.8) is 0 Å². The Morgan fingerprint density at radius 2 is 1.95 bits per heavy atom. The summed E-state index contributed by atoms with van der Waals surface area (Å²) in [6, 6.07) is 3.80.